The topological polar surface area (TPSA) is 792 Å². The molecule has 0 aliphatic carbocycles. The Balaban J connectivity index is 7.17. The molecule has 45 nitrogen and oxygen atoms in total. The van der Waals surface area contributed by atoms with Gasteiger partial charge in [-0.15, -0.1) is 0 Å². The van der Waals surface area contributed by atoms with Gasteiger partial charge < -0.3 is 142 Å². The van der Waals surface area contributed by atoms with E-state index in [9.17, 15) is 96.8 Å². The number of carbonyl (C=O) groups excluding carboxylic acids is 15. The number of hydrogen-bond acceptors (Lipinski definition) is 24. The molecule has 0 saturated carbocycles. The molecular formula is C75H139N25O20. The second-order valence-corrected chi connectivity index (χ2v) is 30.7. The van der Waals surface area contributed by atoms with Gasteiger partial charge in [-0.1, -0.05) is 88.5 Å². The number of guanidine groups is 2. The van der Waals surface area contributed by atoms with Gasteiger partial charge in [-0.25, -0.2) is 4.79 Å². The minimum Gasteiger partial charge on any atom is -0.481 e. The van der Waals surface area contributed by atoms with E-state index in [2.05, 4.69) is 79.1 Å². The van der Waals surface area contributed by atoms with E-state index in [-0.39, 0.29) is 128 Å². The van der Waals surface area contributed by atoms with Crippen molar-refractivity contribution in [3.05, 3.63) is 0 Å². The lowest BCUT2D eigenvalue weighted by atomic mass is 9.94. The summed E-state index contributed by atoms with van der Waals surface area (Å²) in [5, 5.41) is 63.2. The van der Waals surface area contributed by atoms with Crippen molar-refractivity contribution in [3.8, 4) is 0 Å². The van der Waals surface area contributed by atoms with Gasteiger partial charge in [-0.2, -0.15) is 0 Å². The maximum Gasteiger partial charge on any atom is 0.326 e. The van der Waals surface area contributed by atoms with Gasteiger partial charge in [0.25, 0.3) is 0 Å². The smallest absolute Gasteiger partial charge is 0.326 e. The molecule has 0 bridgehead atoms. The number of carboxylic acids is 2. The summed E-state index contributed by atoms with van der Waals surface area (Å²) >= 11 is 0. The fraction of sp³-hybridized carbons (Fsp3) is 0.747. The van der Waals surface area contributed by atoms with Crippen LogP contribution in [0.15, 0.2) is 9.98 Å². The van der Waals surface area contributed by atoms with Crippen molar-refractivity contribution in [1.29, 1.82) is 0 Å². The Morgan fingerprint density at radius 1 is 0.325 bits per heavy atom. The van der Waals surface area contributed by atoms with Gasteiger partial charge in [0, 0.05) is 19.5 Å². The molecule has 0 fully saturated rings. The molecule has 120 heavy (non-hydrogen) atoms. The highest BCUT2D eigenvalue weighted by Gasteiger charge is 2.41. The van der Waals surface area contributed by atoms with Gasteiger partial charge in [-0.3, -0.25) is 86.7 Å². The van der Waals surface area contributed by atoms with E-state index < -0.39 is 241 Å². The number of hydrogen-bond donors (Lipinski definition) is 26. The van der Waals surface area contributed by atoms with Gasteiger partial charge in [-0.05, 0) is 146 Å². The molecule has 0 aromatic heterocycles. The van der Waals surface area contributed by atoms with Crippen LogP contribution in [0.2, 0.25) is 0 Å². The minimum absolute atomic E-state index is 0.0190. The average molecular weight is 1710 g/mol. The normalized spacial score (nSPS) is 15.4. The second-order valence-electron chi connectivity index (χ2n) is 30.7. The number of aliphatic imine (C=N–C) groups is 2. The summed E-state index contributed by atoms with van der Waals surface area (Å²) in [6.45, 7) is 15.8. The first kappa shape index (κ1) is 109. The van der Waals surface area contributed by atoms with Crippen LogP contribution in [0, 0.1) is 29.6 Å². The Kier molecular flexibility index (Phi) is 53.8. The second kappa shape index (κ2) is 59.1. The molecule has 0 heterocycles. The number of nitrogens with two attached hydrogens (primary N) is 10. The average Bonchev–Trinajstić information content (AvgIpc) is 0.843. The van der Waals surface area contributed by atoms with Gasteiger partial charge >= 0.3 is 11.9 Å². The highest BCUT2D eigenvalue weighted by atomic mass is 16.4. The Morgan fingerprint density at radius 3 is 0.958 bits per heavy atom. The summed E-state index contributed by atoms with van der Waals surface area (Å²) < 4.78 is 0. The van der Waals surface area contributed by atoms with Crippen LogP contribution in [0.5, 0.6) is 0 Å². The van der Waals surface area contributed by atoms with Crippen LogP contribution in [-0.2, 0) is 81.5 Å². The van der Waals surface area contributed by atoms with E-state index in [1.165, 1.54) is 13.8 Å². The standard InChI is InChI=1S/C75H139N25O20/c1-11-40(8)57(70(116)92-46(24-16-19-31-78)61(107)89-45(23-15-18-30-77)63(109)94-50(34-38(4)5)66(112)91-44(22-14-17-29-76)62(108)93-49(73(119)120)26-21-33-87-75(84)85)99-68(114)52(37-101)96-69(115)56(39(6)7)97-67(113)51(36-54(81)103)95-71(117)58(41(9)12-2)100-72(118)59(42(10)13-3)98-65(111)47(25-20-32-86-74(82)83)90-64(110)48(27-28-55(104)105)88-60(106)43(79)35-53(80)102/h38-52,56-59,101H,11-37,76-79H2,1-10H3,(H2,80,102)(H2,81,103)(H,88,106)(H,89,107)(H,90,110)(H,91,112)(H,92,116)(H,93,108)(H,94,109)(H,95,117)(H,96,115)(H,97,113)(H,98,111)(H,99,114)(H,100,118)(H,104,105)(H,119,120)(H4,82,83,86)(H4,84,85,87)/t40-,41-,42-,43-,44-,45-,46-,47-,48-,49-,50-,51-,52-,56-,57-,58-,59-/m0/s1. The molecule has 0 radical (unpaired) electrons. The van der Waals surface area contributed by atoms with Crippen molar-refractivity contribution >= 4 is 112 Å². The summed E-state index contributed by atoms with van der Waals surface area (Å²) in [4.78, 5) is 241. The van der Waals surface area contributed by atoms with Gasteiger partial charge in [0.05, 0.1) is 25.5 Å². The number of nitrogens with one attached hydrogen (secondary N) is 13. The number of aliphatic carboxylic acids is 2. The summed E-state index contributed by atoms with van der Waals surface area (Å²) in [7, 11) is 0. The summed E-state index contributed by atoms with van der Waals surface area (Å²) in [5.74, 6) is -21.3. The number of primary amides is 2. The van der Waals surface area contributed by atoms with Gasteiger partial charge in [0.15, 0.2) is 11.9 Å². The van der Waals surface area contributed by atoms with Crippen molar-refractivity contribution in [3.63, 3.8) is 0 Å². The minimum atomic E-state index is -1.86. The van der Waals surface area contributed by atoms with Crippen LogP contribution in [-0.4, -0.2) is 252 Å². The van der Waals surface area contributed by atoms with Crippen LogP contribution in [0.1, 0.15) is 204 Å². The molecule has 0 unspecified atom stereocenters. The Bertz CT molecular complexity index is 3400. The summed E-state index contributed by atoms with van der Waals surface area (Å²) in [5.41, 5.74) is 55.8. The summed E-state index contributed by atoms with van der Waals surface area (Å²) in [6.07, 6.45) is -0.0307. The third-order valence-electron chi connectivity index (χ3n) is 19.7. The lowest BCUT2D eigenvalue weighted by molar-refractivity contribution is -0.142. The van der Waals surface area contributed by atoms with E-state index in [0.717, 1.165) is 0 Å². The molecule has 0 aromatic rings. The molecule has 15 amide bonds. The maximum atomic E-state index is 14.6. The molecule has 45 heteroatoms. The van der Waals surface area contributed by atoms with Crippen molar-refractivity contribution in [2.45, 2.75) is 289 Å². The fourth-order valence-corrected chi connectivity index (χ4v) is 12.0. The number of aliphatic hydroxyl groups is 1. The lowest BCUT2D eigenvalue weighted by Gasteiger charge is -2.31. The Labute approximate surface area is 700 Å². The first-order chi connectivity index (χ1) is 56.4. The van der Waals surface area contributed by atoms with E-state index in [1.54, 1.807) is 55.4 Å². The first-order valence-corrected chi connectivity index (χ1v) is 40.9. The van der Waals surface area contributed by atoms with Crippen LogP contribution < -0.4 is 126 Å². The van der Waals surface area contributed by atoms with Crippen molar-refractivity contribution in [1.82, 2.24) is 69.1 Å². The van der Waals surface area contributed by atoms with Crippen LogP contribution in [0.4, 0.5) is 0 Å². The fourth-order valence-electron chi connectivity index (χ4n) is 12.0. The Morgan fingerprint density at radius 2 is 0.608 bits per heavy atom. The lowest BCUT2D eigenvalue weighted by Crippen LogP contribution is -2.63. The molecular weight excluding hydrogens is 1570 g/mol. The van der Waals surface area contributed by atoms with Crippen LogP contribution in [0.25, 0.3) is 0 Å². The zero-order valence-electron chi connectivity index (χ0n) is 71.0. The Hall–Kier alpha value is -10.7. The molecule has 0 aliphatic rings. The van der Waals surface area contributed by atoms with Crippen molar-refractivity contribution in [2.24, 2.45) is 96.9 Å². The van der Waals surface area contributed by atoms with Crippen LogP contribution >= 0.6 is 0 Å². The number of carbonyl (C=O) groups is 17. The molecule has 0 aromatic carbocycles. The molecule has 0 aliphatic heterocycles. The number of carboxylic acid groups (broad SMARTS) is 2. The third kappa shape index (κ3) is 43.3. The van der Waals surface area contributed by atoms with E-state index in [1.807, 2.05) is 0 Å². The van der Waals surface area contributed by atoms with E-state index >= 15 is 0 Å². The van der Waals surface area contributed by atoms with Crippen molar-refractivity contribution in [2.75, 3.05) is 39.3 Å². The largest absolute Gasteiger partial charge is 0.481 e. The van der Waals surface area contributed by atoms with Gasteiger partial charge in [0.2, 0.25) is 88.6 Å². The highest BCUT2D eigenvalue weighted by molar-refractivity contribution is 6.01. The first-order valence-electron chi connectivity index (χ1n) is 40.9. The third-order valence-corrected chi connectivity index (χ3v) is 19.7. The van der Waals surface area contributed by atoms with Gasteiger partial charge in [0.1, 0.15) is 78.5 Å². The zero-order chi connectivity index (χ0) is 91.6. The predicted octanol–water partition coefficient (Wildman–Crippen LogP) is -7.36. The molecule has 684 valence electrons. The molecule has 36 N–H and O–H groups in total. The van der Waals surface area contributed by atoms with E-state index in [4.69, 9.17) is 57.3 Å². The van der Waals surface area contributed by atoms with Crippen LogP contribution in [0.3, 0.4) is 0 Å². The quantitative estimate of drug-likeness (QED) is 0.0153. The molecule has 0 saturated heterocycles. The van der Waals surface area contributed by atoms with Crippen molar-refractivity contribution < 1.29 is 96.8 Å². The zero-order valence-corrected chi connectivity index (χ0v) is 71.0. The SMILES string of the molecule is CC[C@H](C)[C@H](NC(=O)[C@H](CO)NC(=O)[C@@H](NC(=O)[C@H](CC(N)=O)NC(=O)[C@@H](NC(=O)[C@@H](NC(=O)[C@H](CCCN=C(N)N)NC(=O)[C@H](CCC(=O)O)NC(=O)[C@@H](N)CC(N)=O)[C@@H](C)CC)[C@@H](C)CC)C(C)C)C(=O)N[C@@H](CCCCN)C(=O)N[C@@H](CCCCN)C(=O)N[C@@H](CC(C)C)C(=O)N[C@@H](CCCCN)C(=O)N[C@@H](CCCN=C(N)N)C(=O)O. The number of nitrogens with zero attached hydrogens (tertiary/aromatic N) is 2. The molecule has 17 atom stereocenters. The number of rotatable bonds is 64. The number of unbranched alkanes of at least 4 members (excludes halogenated alkanes) is 3. The summed E-state index contributed by atoms with van der Waals surface area (Å²) in [6, 6.07) is -21.3. The predicted molar refractivity (Wildman–Crippen MR) is 443 cm³/mol. The van der Waals surface area contributed by atoms with E-state index in [0.29, 0.717) is 32.1 Å². The molecule has 0 spiro atoms. The monoisotopic (exact) mass is 1710 g/mol. The number of amides is 15. The maximum absolute atomic E-state index is 14.6. The molecule has 0 rings (SSSR count). The number of aliphatic hydroxyl groups excluding tert-OH is 1. The highest BCUT2D eigenvalue weighted by Crippen LogP contribution is 2.18.